The van der Waals surface area contributed by atoms with E-state index in [2.05, 4.69) is 20.9 Å². The zero-order valence-electron chi connectivity index (χ0n) is 9.52. The van der Waals surface area contributed by atoms with E-state index in [0.717, 1.165) is 12.1 Å². The lowest BCUT2D eigenvalue weighted by atomic mass is 10.3. The van der Waals surface area contributed by atoms with Crippen LogP contribution in [0.3, 0.4) is 0 Å². The van der Waals surface area contributed by atoms with Crippen molar-refractivity contribution in [1.29, 1.82) is 0 Å². The van der Waals surface area contributed by atoms with Crippen molar-refractivity contribution < 1.29 is 9.18 Å². The van der Waals surface area contributed by atoms with E-state index in [-0.39, 0.29) is 16.4 Å². The van der Waals surface area contributed by atoms with Crippen LogP contribution in [-0.2, 0) is 0 Å². The van der Waals surface area contributed by atoms with Crippen molar-refractivity contribution in [1.82, 2.24) is 10.2 Å². The average Bonchev–Trinajstić information content (AvgIpc) is 2.37. The van der Waals surface area contributed by atoms with Gasteiger partial charge in [0.25, 0.3) is 5.91 Å². The molecule has 2 aromatic rings. The Morgan fingerprint density at radius 3 is 2.63 bits per heavy atom. The zero-order valence-corrected chi connectivity index (χ0v) is 10.3. The van der Waals surface area contributed by atoms with Crippen LogP contribution in [-0.4, -0.2) is 16.1 Å². The first kappa shape index (κ1) is 13.2. The van der Waals surface area contributed by atoms with E-state index in [4.69, 9.17) is 17.4 Å². The number of hydrazine groups is 1. The van der Waals surface area contributed by atoms with Crippen LogP contribution in [0.1, 0.15) is 10.5 Å². The van der Waals surface area contributed by atoms with Gasteiger partial charge in [-0.25, -0.2) is 10.2 Å². The Morgan fingerprint density at radius 1 is 1.26 bits per heavy atom. The molecule has 0 aliphatic carbocycles. The topological polar surface area (TPSA) is 92.9 Å². The van der Waals surface area contributed by atoms with E-state index in [1.165, 1.54) is 18.2 Å². The molecule has 2 rings (SSSR count). The predicted octanol–water partition coefficient (Wildman–Crippen LogP) is 1.81. The van der Waals surface area contributed by atoms with Crippen molar-refractivity contribution in [3.05, 3.63) is 46.9 Å². The van der Waals surface area contributed by atoms with Crippen molar-refractivity contribution >= 4 is 29.0 Å². The first-order chi connectivity index (χ1) is 9.08. The molecule has 0 aliphatic rings. The van der Waals surface area contributed by atoms with Gasteiger partial charge in [-0.05, 0) is 30.3 Å². The molecule has 19 heavy (non-hydrogen) atoms. The third-order valence-electron chi connectivity index (χ3n) is 2.17. The SMILES string of the molecule is NNc1ccc(C(=O)Nc2cc(F)cc(Cl)c2)nn1. The molecule has 0 atom stereocenters. The summed E-state index contributed by atoms with van der Waals surface area (Å²) in [5.74, 6) is 4.37. The monoisotopic (exact) mass is 281 g/mol. The van der Waals surface area contributed by atoms with Crippen LogP contribution in [0.5, 0.6) is 0 Å². The van der Waals surface area contributed by atoms with E-state index in [9.17, 15) is 9.18 Å². The molecule has 1 aromatic heterocycles. The molecule has 1 aromatic carbocycles. The second-order valence-corrected chi connectivity index (χ2v) is 4.00. The Labute approximate surface area is 112 Å². The molecule has 8 heteroatoms. The Balaban J connectivity index is 2.15. The van der Waals surface area contributed by atoms with Gasteiger partial charge in [0.2, 0.25) is 0 Å². The number of nitrogens with zero attached hydrogens (tertiary/aromatic N) is 2. The van der Waals surface area contributed by atoms with Crippen LogP contribution in [0.2, 0.25) is 5.02 Å². The van der Waals surface area contributed by atoms with E-state index in [1.54, 1.807) is 0 Å². The fourth-order valence-corrected chi connectivity index (χ4v) is 1.57. The molecule has 0 spiro atoms. The van der Waals surface area contributed by atoms with Gasteiger partial charge in [0.1, 0.15) is 5.82 Å². The molecular formula is C11H9ClFN5O. The largest absolute Gasteiger partial charge is 0.320 e. The molecular weight excluding hydrogens is 273 g/mol. The molecule has 98 valence electrons. The second kappa shape index (κ2) is 5.59. The van der Waals surface area contributed by atoms with Gasteiger partial charge in [-0.1, -0.05) is 11.6 Å². The Morgan fingerprint density at radius 2 is 2.05 bits per heavy atom. The maximum Gasteiger partial charge on any atom is 0.276 e. The van der Waals surface area contributed by atoms with Gasteiger partial charge in [0, 0.05) is 10.7 Å². The Hall–Kier alpha value is -2.25. The minimum atomic E-state index is -0.545. The number of amides is 1. The minimum absolute atomic E-state index is 0.0689. The smallest absolute Gasteiger partial charge is 0.276 e. The number of halogens is 2. The van der Waals surface area contributed by atoms with Gasteiger partial charge in [0.15, 0.2) is 11.5 Å². The quantitative estimate of drug-likeness (QED) is 0.589. The van der Waals surface area contributed by atoms with Crippen LogP contribution in [0.15, 0.2) is 30.3 Å². The number of rotatable bonds is 3. The molecule has 4 N–H and O–H groups in total. The molecule has 0 saturated carbocycles. The predicted molar refractivity (Wildman–Crippen MR) is 69.2 cm³/mol. The van der Waals surface area contributed by atoms with Crippen molar-refractivity contribution in [2.75, 3.05) is 10.7 Å². The molecule has 0 saturated heterocycles. The molecule has 0 unspecified atom stereocenters. The summed E-state index contributed by atoms with van der Waals surface area (Å²) >= 11 is 5.68. The highest BCUT2D eigenvalue weighted by Crippen LogP contribution is 2.18. The van der Waals surface area contributed by atoms with E-state index in [1.807, 2.05) is 0 Å². The maximum absolute atomic E-state index is 13.1. The number of anilines is 2. The summed E-state index contributed by atoms with van der Waals surface area (Å²) in [6.45, 7) is 0. The molecule has 0 radical (unpaired) electrons. The molecule has 6 nitrogen and oxygen atoms in total. The summed E-state index contributed by atoms with van der Waals surface area (Å²) in [6.07, 6.45) is 0. The fourth-order valence-electron chi connectivity index (χ4n) is 1.35. The van der Waals surface area contributed by atoms with Gasteiger partial charge in [-0.2, -0.15) is 0 Å². The number of carbonyl (C=O) groups is 1. The van der Waals surface area contributed by atoms with Gasteiger partial charge >= 0.3 is 0 Å². The van der Waals surface area contributed by atoms with Crippen molar-refractivity contribution in [3.63, 3.8) is 0 Å². The maximum atomic E-state index is 13.1. The summed E-state index contributed by atoms with van der Waals surface area (Å²) < 4.78 is 13.1. The van der Waals surface area contributed by atoms with Crippen LogP contribution in [0.25, 0.3) is 0 Å². The number of nitrogens with one attached hydrogen (secondary N) is 2. The lowest BCUT2D eigenvalue weighted by molar-refractivity contribution is 0.102. The number of carbonyl (C=O) groups excluding carboxylic acids is 1. The summed E-state index contributed by atoms with van der Waals surface area (Å²) in [4.78, 5) is 11.8. The number of nitrogen functional groups attached to an aromatic ring is 1. The summed E-state index contributed by atoms with van der Waals surface area (Å²) in [6, 6.07) is 6.62. The van der Waals surface area contributed by atoms with Gasteiger partial charge in [0.05, 0.1) is 0 Å². The molecule has 1 amide bonds. The van der Waals surface area contributed by atoms with Gasteiger partial charge < -0.3 is 10.7 Å². The van der Waals surface area contributed by atoms with Crippen molar-refractivity contribution in [2.45, 2.75) is 0 Å². The molecule has 0 bridgehead atoms. The Bertz CT molecular complexity index is 584. The lowest BCUT2D eigenvalue weighted by Crippen LogP contribution is -2.16. The van der Waals surface area contributed by atoms with Crippen molar-refractivity contribution in [2.24, 2.45) is 5.84 Å². The van der Waals surface area contributed by atoms with Gasteiger partial charge in [-0.15, -0.1) is 10.2 Å². The number of benzene rings is 1. The van der Waals surface area contributed by atoms with Crippen LogP contribution in [0, 0.1) is 5.82 Å². The minimum Gasteiger partial charge on any atom is -0.320 e. The zero-order chi connectivity index (χ0) is 13.8. The van der Waals surface area contributed by atoms with E-state index >= 15 is 0 Å². The van der Waals surface area contributed by atoms with E-state index in [0.29, 0.717) is 5.82 Å². The average molecular weight is 282 g/mol. The number of nitrogens with two attached hydrogens (primary N) is 1. The van der Waals surface area contributed by atoms with Crippen LogP contribution >= 0.6 is 11.6 Å². The number of hydrogen-bond acceptors (Lipinski definition) is 5. The van der Waals surface area contributed by atoms with E-state index < -0.39 is 11.7 Å². The first-order valence-electron chi connectivity index (χ1n) is 5.16. The summed E-state index contributed by atoms with van der Waals surface area (Å²) in [7, 11) is 0. The first-order valence-corrected chi connectivity index (χ1v) is 5.54. The highest BCUT2D eigenvalue weighted by molar-refractivity contribution is 6.31. The normalized spacial score (nSPS) is 10.1. The fraction of sp³-hybridized carbons (Fsp3) is 0. The third-order valence-corrected chi connectivity index (χ3v) is 2.38. The van der Waals surface area contributed by atoms with Crippen LogP contribution in [0.4, 0.5) is 15.9 Å². The molecule has 0 aliphatic heterocycles. The second-order valence-electron chi connectivity index (χ2n) is 3.56. The summed E-state index contributed by atoms with van der Waals surface area (Å²) in [5.41, 5.74) is 2.59. The third kappa shape index (κ3) is 3.36. The Kier molecular flexibility index (Phi) is 3.88. The standard InChI is InChI=1S/C11H9ClFN5O/c12-6-3-7(13)5-8(4-6)15-11(19)9-1-2-10(16-14)18-17-9/h1-5H,14H2,(H,15,19)(H,16,18). The molecule has 0 fully saturated rings. The lowest BCUT2D eigenvalue weighted by Gasteiger charge is -2.05. The number of hydrogen-bond donors (Lipinski definition) is 3. The highest BCUT2D eigenvalue weighted by atomic mass is 35.5. The van der Waals surface area contributed by atoms with Crippen LogP contribution < -0.4 is 16.6 Å². The van der Waals surface area contributed by atoms with Crippen molar-refractivity contribution in [3.8, 4) is 0 Å². The van der Waals surface area contributed by atoms with Gasteiger partial charge in [-0.3, -0.25) is 4.79 Å². The molecule has 1 heterocycles. The highest BCUT2D eigenvalue weighted by Gasteiger charge is 2.09. The number of aromatic nitrogens is 2. The summed E-state index contributed by atoms with van der Waals surface area (Å²) in [5, 5.41) is 9.95.